The molecule has 1 N–H and O–H groups in total. The lowest BCUT2D eigenvalue weighted by Crippen LogP contribution is -2.31. The Morgan fingerprint density at radius 3 is 2.08 bits per heavy atom. The maximum atomic E-state index is 14.1. The number of piperidine rings is 1. The highest BCUT2D eigenvalue weighted by Crippen LogP contribution is 2.33. The predicted molar refractivity (Wildman–Crippen MR) is 157 cm³/mol. The van der Waals surface area contributed by atoms with Gasteiger partial charge in [0, 0.05) is 26.7 Å². The summed E-state index contributed by atoms with van der Waals surface area (Å²) in [4.78, 5) is 22.1. The van der Waals surface area contributed by atoms with E-state index in [1.165, 1.54) is 61.6 Å². The summed E-state index contributed by atoms with van der Waals surface area (Å²) in [6.45, 7) is 16.9. The Balaban J connectivity index is 0. The number of hydrogen-bond donors (Lipinski definition) is 1. The highest BCUT2D eigenvalue weighted by atomic mass is 19.1. The molecule has 37 heavy (non-hydrogen) atoms. The molecule has 1 fully saturated rings. The number of unbranched alkanes of at least 4 members (excludes halogenated alkanes) is 2. The summed E-state index contributed by atoms with van der Waals surface area (Å²) in [6.07, 6.45) is 9.61. The fourth-order valence-electron chi connectivity index (χ4n) is 4.08. The van der Waals surface area contributed by atoms with Crippen molar-refractivity contribution in [2.24, 2.45) is 4.99 Å². The summed E-state index contributed by atoms with van der Waals surface area (Å²) in [6, 6.07) is 14.3. The number of benzene rings is 2. The number of carbonyl (C=O) groups is 2. The molecule has 5 nitrogen and oxygen atoms in total. The van der Waals surface area contributed by atoms with E-state index in [2.05, 4.69) is 67.7 Å². The minimum atomic E-state index is -0.0512. The second kappa shape index (κ2) is 24.8. The Morgan fingerprint density at radius 1 is 0.946 bits per heavy atom. The van der Waals surface area contributed by atoms with Gasteiger partial charge in [0.2, 0.25) is 0 Å². The second-order valence-corrected chi connectivity index (χ2v) is 8.78. The summed E-state index contributed by atoms with van der Waals surface area (Å²) >= 11 is 0. The molecule has 1 heterocycles. The molecule has 0 aliphatic carbocycles. The number of aliphatic hydroxyl groups is 1. The third-order valence-corrected chi connectivity index (χ3v) is 6.24. The van der Waals surface area contributed by atoms with Crippen molar-refractivity contribution in [2.75, 3.05) is 31.6 Å². The average molecular weight is 517 g/mol. The lowest BCUT2D eigenvalue weighted by molar-refractivity contribution is -0.0987. The smallest absolute Gasteiger partial charge is 0.146 e. The van der Waals surface area contributed by atoms with Gasteiger partial charge in [0.15, 0.2) is 0 Å². The fraction of sp³-hybridized carbons (Fsp3) is 0.516. The van der Waals surface area contributed by atoms with Gasteiger partial charge in [-0.1, -0.05) is 62.2 Å². The number of carbonyl (C=O) groups excluding carboxylic acids is 2. The molecule has 208 valence electrons. The van der Waals surface area contributed by atoms with E-state index in [1.54, 1.807) is 6.07 Å². The summed E-state index contributed by atoms with van der Waals surface area (Å²) in [5, 5.41) is 7.00. The average Bonchev–Trinajstić information content (AvgIpc) is 2.97. The van der Waals surface area contributed by atoms with Gasteiger partial charge in [0.1, 0.15) is 19.4 Å². The zero-order valence-corrected chi connectivity index (χ0v) is 23.6. The van der Waals surface area contributed by atoms with Crippen LogP contribution in [-0.4, -0.2) is 52.1 Å². The molecule has 6 heteroatoms. The summed E-state index contributed by atoms with van der Waals surface area (Å²) < 4.78 is 14.1. The number of aliphatic hydroxyl groups excluding tert-OH is 1. The first kappa shape index (κ1) is 36.3. The number of nitrogens with zero attached hydrogens (tertiary/aromatic N) is 2. The van der Waals surface area contributed by atoms with Gasteiger partial charge in [-0.2, -0.15) is 0 Å². The summed E-state index contributed by atoms with van der Waals surface area (Å²) in [7, 11) is 1.00. The van der Waals surface area contributed by atoms with Crippen LogP contribution in [0.3, 0.4) is 0 Å². The van der Waals surface area contributed by atoms with Crippen LogP contribution in [0.4, 0.5) is 10.1 Å². The SMILES string of the molecule is C=NCCCCCc1ccc(C)cc1.C=O.C=O.CCC(C)c1cccc(F)c1N1CCCCC1.CO. The van der Waals surface area contributed by atoms with Crippen LogP contribution in [0.15, 0.2) is 47.5 Å². The Labute approximate surface area is 224 Å². The Kier molecular flexibility index (Phi) is 24.3. The van der Waals surface area contributed by atoms with Crippen LogP contribution in [0.5, 0.6) is 0 Å². The zero-order valence-electron chi connectivity index (χ0n) is 23.6. The molecule has 1 unspecified atom stereocenters. The first-order chi connectivity index (χ1) is 18.1. The number of halogens is 1. The summed E-state index contributed by atoms with van der Waals surface area (Å²) in [5.41, 5.74) is 4.82. The van der Waals surface area contributed by atoms with E-state index in [0.717, 1.165) is 38.9 Å². The lowest BCUT2D eigenvalue weighted by Gasteiger charge is -2.32. The molecule has 0 spiro atoms. The molecule has 2 aromatic carbocycles. The number of aliphatic imine (C=N–C) groups is 1. The van der Waals surface area contributed by atoms with Crippen molar-refractivity contribution in [1.82, 2.24) is 0 Å². The van der Waals surface area contributed by atoms with E-state index in [0.29, 0.717) is 5.92 Å². The van der Waals surface area contributed by atoms with Crippen molar-refractivity contribution in [2.45, 2.75) is 78.1 Å². The van der Waals surface area contributed by atoms with Gasteiger partial charge in [-0.3, -0.25) is 0 Å². The van der Waals surface area contributed by atoms with Crippen LogP contribution in [0.1, 0.15) is 81.4 Å². The highest BCUT2D eigenvalue weighted by Gasteiger charge is 2.20. The van der Waals surface area contributed by atoms with Crippen molar-refractivity contribution >= 4 is 26.0 Å². The van der Waals surface area contributed by atoms with Crippen LogP contribution in [0.2, 0.25) is 0 Å². The van der Waals surface area contributed by atoms with Gasteiger partial charge in [-0.05, 0) is 81.7 Å². The zero-order chi connectivity index (χ0) is 28.5. The normalized spacial score (nSPS) is 12.5. The molecule has 0 saturated carbocycles. The Morgan fingerprint density at radius 2 is 1.54 bits per heavy atom. The number of aryl methyl sites for hydroxylation is 2. The van der Waals surface area contributed by atoms with Gasteiger partial charge in [-0.25, -0.2) is 4.39 Å². The van der Waals surface area contributed by atoms with E-state index in [4.69, 9.17) is 14.7 Å². The van der Waals surface area contributed by atoms with Crippen LogP contribution in [0, 0.1) is 12.7 Å². The van der Waals surface area contributed by atoms with Gasteiger partial charge in [0.05, 0.1) is 5.69 Å². The molecule has 2 aromatic rings. The van der Waals surface area contributed by atoms with Crippen molar-refractivity contribution in [3.05, 3.63) is 65.0 Å². The minimum absolute atomic E-state index is 0.0512. The van der Waals surface area contributed by atoms with Gasteiger partial charge in [0.25, 0.3) is 0 Å². The molecule has 1 saturated heterocycles. The standard InChI is InChI=1S/C15H22FN.C13H19N.CH4O.2CH2O/c1-3-12(2)13-8-7-9-14(16)15(13)17-10-5-4-6-11-17;1-12-7-9-13(10-8-12)6-4-3-5-11-14-2;3*1-2/h7-9,12H,3-6,10-11H2,1-2H3;7-10H,2-6,11H2,1H3;2H,1H3;2*1H2. The van der Waals surface area contributed by atoms with Crippen LogP contribution >= 0.6 is 0 Å². The number of rotatable bonds is 9. The lowest BCUT2D eigenvalue weighted by atomic mass is 9.95. The molecule has 1 aliphatic rings. The molecule has 1 atom stereocenters. The Bertz CT molecular complexity index is 807. The summed E-state index contributed by atoms with van der Waals surface area (Å²) in [5.74, 6) is 0.382. The number of anilines is 1. The fourth-order valence-corrected chi connectivity index (χ4v) is 4.08. The molecule has 3 rings (SSSR count). The minimum Gasteiger partial charge on any atom is -0.400 e. The van der Waals surface area contributed by atoms with Gasteiger partial charge >= 0.3 is 0 Å². The molecule has 1 aliphatic heterocycles. The largest absolute Gasteiger partial charge is 0.400 e. The molecule has 0 aromatic heterocycles. The quantitative estimate of drug-likeness (QED) is 0.288. The first-order valence-electron chi connectivity index (χ1n) is 13.1. The maximum Gasteiger partial charge on any atom is 0.146 e. The van der Waals surface area contributed by atoms with Gasteiger partial charge in [-0.15, -0.1) is 0 Å². The van der Waals surface area contributed by atoms with E-state index < -0.39 is 0 Å². The van der Waals surface area contributed by atoms with Crippen molar-refractivity contribution in [3.8, 4) is 0 Å². The molecule has 0 radical (unpaired) electrons. The number of para-hydroxylation sites is 1. The first-order valence-corrected chi connectivity index (χ1v) is 13.1. The maximum absolute atomic E-state index is 14.1. The Hall–Kier alpha value is -2.86. The van der Waals surface area contributed by atoms with E-state index in [-0.39, 0.29) is 5.82 Å². The molecular formula is C31H49FN2O3. The van der Waals surface area contributed by atoms with Crippen LogP contribution in [0.25, 0.3) is 0 Å². The molecule has 0 bridgehead atoms. The molecular weight excluding hydrogens is 467 g/mol. The van der Waals surface area contributed by atoms with Crippen molar-refractivity contribution in [1.29, 1.82) is 0 Å². The van der Waals surface area contributed by atoms with Crippen molar-refractivity contribution in [3.63, 3.8) is 0 Å². The molecule has 0 amide bonds. The second-order valence-electron chi connectivity index (χ2n) is 8.78. The van der Waals surface area contributed by atoms with Crippen LogP contribution < -0.4 is 4.90 Å². The highest BCUT2D eigenvalue weighted by molar-refractivity contribution is 5.56. The number of hydrogen-bond acceptors (Lipinski definition) is 5. The third kappa shape index (κ3) is 15.1. The third-order valence-electron chi connectivity index (χ3n) is 6.24. The van der Waals surface area contributed by atoms with Crippen molar-refractivity contribution < 1.29 is 19.1 Å². The predicted octanol–water partition coefficient (Wildman–Crippen LogP) is 6.98. The van der Waals surface area contributed by atoms with E-state index in [9.17, 15) is 4.39 Å². The van der Waals surface area contributed by atoms with Crippen LogP contribution in [-0.2, 0) is 16.0 Å². The van der Waals surface area contributed by atoms with E-state index >= 15 is 0 Å². The van der Waals surface area contributed by atoms with E-state index in [1.807, 2.05) is 19.6 Å². The monoisotopic (exact) mass is 516 g/mol. The van der Waals surface area contributed by atoms with Gasteiger partial charge < -0.3 is 24.6 Å². The topological polar surface area (TPSA) is 70.0 Å².